The van der Waals surface area contributed by atoms with E-state index >= 15 is 0 Å². The Labute approximate surface area is 123 Å². The van der Waals surface area contributed by atoms with Crippen LogP contribution in [0.1, 0.15) is 27.2 Å². The summed E-state index contributed by atoms with van der Waals surface area (Å²) < 4.78 is 1.88. The van der Waals surface area contributed by atoms with E-state index in [-0.39, 0.29) is 0 Å². The molecule has 3 rings (SSSR count). The average Bonchev–Trinajstić information content (AvgIpc) is 2.79. The zero-order valence-corrected chi connectivity index (χ0v) is 12.1. The second-order valence-electron chi connectivity index (χ2n) is 5.42. The number of hydrogen-bond acceptors (Lipinski definition) is 1. The molecule has 0 saturated heterocycles. The summed E-state index contributed by atoms with van der Waals surface area (Å²) in [6, 6.07) is 15.8. The van der Waals surface area contributed by atoms with Crippen molar-refractivity contribution in [1.82, 2.24) is 4.57 Å². The molecule has 0 bridgehead atoms. The maximum atomic E-state index is 11.6. The minimum absolute atomic E-state index is 0.336. The smallest absolute Gasteiger partial charge is 0.352 e. The van der Waals surface area contributed by atoms with Crippen LogP contribution in [0, 0.1) is 13.8 Å². The maximum Gasteiger partial charge on any atom is 0.352 e. The summed E-state index contributed by atoms with van der Waals surface area (Å²) in [6.45, 7) is 4.62. The molecule has 0 fully saturated rings. The van der Waals surface area contributed by atoms with Gasteiger partial charge in [0.15, 0.2) is 0 Å². The highest BCUT2D eigenvalue weighted by Crippen LogP contribution is 2.26. The number of fused-ring (bicyclic) bond motifs is 1. The van der Waals surface area contributed by atoms with Crippen LogP contribution in [0.3, 0.4) is 0 Å². The third-order valence-corrected chi connectivity index (χ3v) is 3.77. The van der Waals surface area contributed by atoms with E-state index in [0.29, 0.717) is 12.2 Å². The average molecular weight is 279 g/mol. The summed E-state index contributed by atoms with van der Waals surface area (Å²) in [4.78, 5) is 11.6. The minimum Gasteiger partial charge on any atom is -0.477 e. The Kier molecular flexibility index (Phi) is 3.26. The number of carboxylic acid groups (broad SMARTS) is 1. The lowest BCUT2D eigenvalue weighted by Gasteiger charge is -2.09. The zero-order chi connectivity index (χ0) is 15.0. The van der Waals surface area contributed by atoms with Crippen molar-refractivity contribution in [3.8, 4) is 0 Å². The Balaban J connectivity index is 2.23. The number of benzene rings is 2. The first-order valence-electron chi connectivity index (χ1n) is 6.94. The fourth-order valence-corrected chi connectivity index (χ4v) is 2.83. The molecular weight excluding hydrogens is 262 g/mol. The largest absolute Gasteiger partial charge is 0.477 e. The number of rotatable bonds is 3. The van der Waals surface area contributed by atoms with Crippen molar-refractivity contribution >= 4 is 16.9 Å². The van der Waals surface area contributed by atoms with Crippen molar-refractivity contribution in [2.75, 3.05) is 0 Å². The molecule has 0 aliphatic heterocycles. The quantitative estimate of drug-likeness (QED) is 0.787. The van der Waals surface area contributed by atoms with Crippen molar-refractivity contribution in [3.05, 3.63) is 70.9 Å². The Morgan fingerprint density at radius 1 is 1.10 bits per heavy atom. The SMILES string of the molecule is Cc1cc(C)c2cc(C(=O)O)n(Cc3ccccc3)c2c1. The summed E-state index contributed by atoms with van der Waals surface area (Å²) in [5.74, 6) is -0.890. The van der Waals surface area contributed by atoms with Gasteiger partial charge < -0.3 is 9.67 Å². The van der Waals surface area contributed by atoms with Gasteiger partial charge in [-0.1, -0.05) is 36.4 Å². The van der Waals surface area contributed by atoms with Gasteiger partial charge >= 0.3 is 5.97 Å². The Hall–Kier alpha value is -2.55. The topological polar surface area (TPSA) is 42.2 Å². The molecule has 21 heavy (non-hydrogen) atoms. The standard InChI is InChI=1S/C18H17NO2/c1-12-8-13(2)15-10-17(18(20)21)19(16(15)9-12)11-14-6-4-3-5-7-14/h3-10H,11H2,1-2H3,(H,20,21). The fraction of sp³-hybridized carbons (Fsp3) is 0.167. The predicted molar refractivity (Wildman–Crippen MR) is 83.9 cm³/mol. The molecule has 0 radical (unpaired) electrons. The molecule has 2 aromatic carbocycles. The van der Waals surface area contributed by atoms with E-state index in [1.54, 1.807) is 6.07 Å². The van der Waals surface area contributed by atoms with Gasteiger partial charge in [-0.2, -0.15) is 0 Å². The second kappa shape index (κ2) is 5.09. The number of hydrogen-bond donors (Lipinski definition) is 1. The number of carbonyl (C=O) groups is 1. The summed E-state index contributed by atoms with van der Waals surface area (Å²) in [5, 5.41) is 10.5. The highest BCUT2D eigenvalue weighted by molar-refractivity contribution is 5.96. The van der Waals surface area contributed by atoms with Gasteiger partial charge in [0.25, 0.3) is 0 Å². The summed E-state index contributed by atoms with van der Waals surface area (Å²) >= 11 is 0. The van der Waals surface area contributed by atoms with Gasteiger partial charge in [0.1, 0.15) is 5.69 Å². The molecule has 3 heteroatoms. The molecule has 0 amide bonds. The molecule has 1 N–H and O–H groups in total. The van der Waals surface area contributed by atoms with E-state index in [9.17, 15) is 9.90 Å². The first-order valence-corrected chi connectivity index (χ1v) is 6.94. The lowest BCUT2D eigenvalue weighted by atomic mass is 10.1. The second-order valence-corrected chi connectivity index (χ2v) is 5.42. The van der Waals surface area contributed by atoms with Crippen LogP contribution in [-0.4, -0.2) is 15.6 Å². The van der Waals surface area contributed by atoms with E-state index in [4.69, 9.17) is 0 Å². The molecule has 0 aliphatic rings. The van der Waals surface area contributed by atoms with Crippen LogP contribution in [0.2, 0.25) is 0 Å². The summed E-state index contributed by atoms with van der Waals surface area (Å²) in [7, 11) is 0. The van der Waals surface area contributed by atoms with Crippen molar-refractivity contribution in [3.63, 3.8) is 0 Å². The van der Waals surface area contributed by atoms with E-state index < -0.39 is 5.97 Å². The van der Waals surface area contributed by atoms with Crippen LogP contribution in [0.25, 0.3) is 10.9 Å². The van der Waals surface area contributed by atoms with Gasteiger partial charge in [0.05, 0.1) is 0 Å². The van der Waals surface area contributed by atoms with Crippen LogP contribution in [-0.2, 0) is 6.54 Å². The molecule has 3 aromatic rings. The number of aryl methyl sites for hydroxylation is 2. The van der Waals surface area contributed by atoms with E-state index in [1.165, 1.54) is 0 Å². The molecule has 3 nitrogen and oxygen atoms in total. The van der Waals surface area contributed by atoms with Crippen molar-refractivity contribution in [2.45, 2.75) is 20.4 Å². The van der Waals surface area contributed by atoms with Crippen LogP contribution >= 0.6 is 0 Å². The first-order chi connectivity index (χ1) is 10.1. The van der Waals surface area contributed by atoms with Gasteiger partial charge in [-0.05, 0) is 42.7 Å². The molecule has 0 unspecified atom stereocenters. The third kappa shape index (κ3) is 2.42. The maximum absolute atomic E-state index is 11.6. The van der Waals surface area contributed by atoms with Gasteiger partial charge in [-0.15, -0.1) is 0 Å². The van der Waals surface area contributed by atoms with Crippen LogP contribution in [0.5, 0.6) is 0 Å². The predicted octanol–water partition coefficient (Wildman–Crippen LogP) is 4.00. The van der Waals surface area contributed by atoms with E-state index in [0.717, 1.165) is 27.6 Å². The molecule has 0 atom stereocenters. The number of aromatic carboxylic acids is 1. The number of carboxylic acids is 1. The monoisotopic (exact) mass is 279 g/mol. The highest BCUT2D eigenvalue weighted by atomic mass is 16.4. The molecule has 1 aromatic heterocycles. The molecule has 1 heterocycles. The summed E-state index contributed by atoms with van der Waals surface area (Å²) in [6.07, 6.45) is 0. The van der Waals surface area contributed by atoms with Crippen LogP contribution in [0.4, 0.5) is 0 Å². The number of nitrogens with zero attached hydrogens (tertiary/aromatic N) is 1. The minimum atomic E-state index is -0.890. The number of aromatic nitrogens is 1. The molecule has 0 spiro atoms. The van der Waals surface area contributed by atoms with Gasteiger partial charge in [-0.25, -0.2) is 4.79 Å². The highest BCUT2D eigenvalue weighted by Gasteiger charge is 2.16. The normalized spacial score (nSPS) is 11.0. The molecule has 0 saturated carbocycles. The Morgan fingerprint density at radius 2 is 1.81 bits per heavy atom. The lowest BCUT2D eigenvalue weighted by molar-refractivity contribution is 0.0686. The van der Waals surface area contributed by atoms with Crippen molar-refractivity contribution in [2.24, 2.45) is 0 Å². The van der Waals surface area contributed by atoms with Gasteiger partial charge in [-0.3, -0.25) is 0 Å². The third-order valence-electron chi connectivity index (χ3n) is 3.77. The van der Waals surface area contributed by atoms with Gasteiger partial charge in [0.2, 0.25) is 0 Å². The molecular formula is C18H17NO2. The zero-order valence-electron chi connectivity index (χ0n) is 12.1. The van der Waals surface area contributed by atoms with Crippen LogP contribution < -0.4 is 0 Å². The van der Waals surface area contributed by atoms with Crippen molar-refractivity contribution in [1.29, 1.82) is 0 Å². The lowest BCUT2D eigenvalue weighted by Crippen LogP contribution is -2.09. The van der Waals surface area contributed by atoms with Gasteiger partial charge in [0, 0.05) is 17.4 Å². The Bertz CT molecular complexity index is 816. The molecule has 106 valence electrons. The Morgan fingerprint density at radius 3 is 2.48 bits per heavy atom. The van der Waals surface area contributed by atoms with Crippen LogP contribution in [0.15, 0.2) is 48.5 Å². The summed E-state index contributed by atoms with van der Waals surface area (Å²) in [5.41, 5.74) is 4.66. The molecule has 0 aliphatic carbocycles. The van der Waals surface area contributed by atoms with E-state index in [1.807, 2.05) is 48.7 Å². The first kappa shape index (κ1) is 13.4. The fourth-order valence-electron chi connectivity index (χ4n) is 2.83. The van der Waals surface area contributed by atoms with Crippen molar-refractivity contribution < 1.29 is 9.90 Å². The van der Waals surface area contributed by atoms with E-state index in [2.05, 4.69) is 12.1 Å².